The molecule has 2 aromatic rings. The van der Waals surface area contributed by atoms with Crippen LogP contribution in [0.2, 0.25) is 0 Å². The molecule has 3 rings (SSSR count). The van der Waals surface area contributed by atoms with Crippen LogP contribution < -0.4 is 16.6 Å². The molecule has 3 unspecified atom stereocenters. The number of benzene rings is 1. The van der Waals surface area contributed by atoms with Gasteiger partial charge in [-0.3, -0.25) is 5.43 Å². The SMILES string of the molecule is CC1NNC(c2c[nH]c3ccccc23)C1CCN. The van der Waals surface area contributed by atoms with E-state index in [4.69, 9.17) is 5.73 Å². The van der Waals surface area contributed by atoms with E-state index in [2.05, 4.69) is 53.2 Å². The molecule has 0 spiro atoms. The van der Waals surface area contributed by atoms with Crippen molar-refractivity contribution in [3.63, 3.8) is 0 Å². The molecule has 0 radical (unpaired) electrons. The molecule has 4 nitrogen and oxygen atoms in total. The van der Waals surface area contributed by atoms with Crippen molar-refractivity contribution < 1.29 is 0 Å². The maximum atomic E-state index is 5.74. The maximum Gasteiger partial charge on any atom is 0.0527 e. The van der Waals surface area contributed by atoms with Crippen LogP contribution in [-0.4, -0.2) is 17.6 Å². The van der Waals surface area contributed by atoms with Gasteiger partial charge in [-0.1, -0.05) is 18.2 Å². The highest BCUT2D eigenvalue weighted by Crippen LogP contribution is 2.34. The Bertz CT molecular complexity index is 533. The van der Waals surface area contributed by atoms with Crippen LogP contribution in [0.3, 0.4) is 0 Å². The molecule has 0 saturated carbocycles. The van der Waals surface area contributed by atoms with Crippen molar-refractivity contribution in [2.45, 2.75) is 25.4 Å². The van der Waals surface area contributed by atoms with E-state index in [0.717, 1.165) is 13.0 Å². The number of hydrazine groups is 1. The van der Waals surface area contributed by atoms with Crippen molar-refractivity contribution in [2.24, 2.45) is 11.7 Å². The molecule has 18 heavy (non-hydrogen) atoms. The van der Waals surface area contributed by atoms with Crippen molar-refractivity contribution in [3.8, 4) is 0 Å². The molecule has 3 atom stereocenters. The molecular formula is C14H20N4. The van der Waals surface area contributed by atoms with E-state index in [1.54, 1.807) is 0 Å². The fourth-order valence-electron chi connectivity index (χ4n) is 2.99. The molecule has 1 aliphatic rings. The normalized spacial score (nSPS) is 28.0. The Morgan fingerprint density at radius 2 is 2.06 bits per heavy atom. The molecule has 1 fully saturated rings. The summed E-state index contributed by atoms with van der Waals surface area (Å²) in [6.45, 7) is 2.94. The highest BCUT2D eigenvalue weighted by molar-refractivity contribution is 5.83. The van der Waals surface area contributed by atoms with Crippen molar-refractivity contribution in [3.05, 3.63) is 36.0 Å². The second kappa shape index (κ2) is 4.72. The first-order valence-electron chi connectivity index (χ1n) is 6.58. The van der Waals surface area contributed by atoms with Gasteiger partial charge in [0.1, 0.15) is 0 Å². The summed E-state index contributed by atoms with van der Waals surface area (Å²) in [6, 6.07) is 9.22. The van der Waals surface area contributed by atoms with Gasteiger partial charge in [0.2, 0.25) is 0 Å². The number of nitrogens with two attached hydrogens (primary N) is 1. The van der Waals surface area contributed by atoms with E-state index >= 15 is 0 Å². The fourth-order valence-corrected chi connectivity index (χ4v) is 2.99. The summed E-state index contributed by atoms with van der Waals surface area (Å²) in [5, 5.41) is 1.30. The van der Waals surface area contributed by atoms with Gasteiger partial charge < -0.3 is 10.7 Å². The van der Waals surface area contributed by atoms with E-state index in [9.17, 15) is 0 Å². The predicted octanol–water partition coefficient (Wildman–Crippen LogP) is 1.67. The van der Waals surface area contributed by atoms with Crippen LogP contribution in [0.1, 0.15) is 24.9 Å². The molecule has 0 aliphatic carbocycles. The Balaban J connectivity index is 1.98. The third kappa shape index (κ3) is 1.82. The highest BCUT2D eigenvalue weighted by Gasteiger charge is 2.34. The van der Waals surface area contributed by atoms with E-state index in [1.165, 1.54) is 16.5 Å². The molecule has 5 N–H and O–H groups in total. The maximum absolute atomic E-state index is 5.74. The minimum absolute atomic E-state index is 0.333. The predicted molar refractivity (Wildman–Crippen MR) is 73.9 cm³/mol. The molecule has 1 aliphatic heterocycles. The first kappa shape index (κ1) is 11.7. The van der Waals surface area contributed by atoms with Gasteiger partial charge in [-0.25, -0.2) is 5.43 Å². The smallest absolute Gasteiger partial charge is 0.0527 e. The van der Waals surface area contributed by atoms with Crippen molar-refractivity contribution >= 4 is 10.9 Å². The molecule has 1 aromatic carbocycles. The van der Waals surface area contributed by atoms with Crippen LogP contribution in [0.25, 0.3) is 10.9 Å². The average Bonchev–Trinajstić information content (AvgIpc) is 2.95. The highest BCUT2D eigenvalue weighted by atomic mass is 15.4. The standard InChI is InChI=1S/C14H20N4/c1-9-10(6-7-15)14(18-17-9)12-8-16-13-5-3-2-4-11(12)13/h2-5,8-10,14,16-18H,6-7,15H2,1H3. The van der Waals surface area contributed by atoms with Crippen molar-refractivity contribution in [1.29, 1.82) is 0 Å². The zero-order chi connectivity index (χ0) is 12.5. The second-order valence-electron chi connectivity index (χ2n) is 5.09. The molecule has 0 bridgehead atoms. The topological polar surface area (TPSA) is 65.9 Å². The average molecular weight is 244 g/mol. The summed E-state index contributed by atoms with van der Waals surface area (Å²) in [5.74, 6) is 0.536. The third-order valence-corrected chi connectivity index (χ3v) is 3.99. The van der Waals surface area contributed by atoms with Crippen LogP contribution >= 0.6 is 0 Å². The summed E-state index contributed by atoms with van der Waals surface area (Å²) in [7, 11) is 0. The van der Waals surface area contributed by atoms with Gasteiger partial charge in [-0.2, -0.15) is 0 Å². The lowest BCUT2D eigenvalue weighted by atomic mass is 9.87. The Hall–Kier alpha value is -1.36. The first-order chi connectivity index (χ1) is 8.81. The first-order valence-corrected chi connectivity index (χ1v) is 6.58. The monoisotopic (exact) mass is 244 g/mol. The molecule has 1 saturated heterocycles. The van der Waals surface area contributed by atoms with Gasteiger partial charge in [-0.05, 0) is 37.4 Å². The Kier molecular flexibility index (Phi) is 3.07. The van der Waals surface area contributed by atoms with Gasteiger partial charge in [0.05, 0.1) is 6.04 Å². The Morgan fingerprint density at radius 3 is 2.89 bits per heavy atom. The lowest BCUT2D eigenvalue weighted by Crippen LogP contribution is -2.29. The minimum Gasteiger partial charge on any atom is -0.361 e. The Morgan fingerprint density at radius 1 is 1.22 bits per heavy atom. The van der Waals surface area contributed by atoms with E-state index < -0.39 is 0 Å². The number of hydrogen-bond acceptors (Lipinski definition) is 3. The Labute approximate surface area is 107 Å². The van der Waals surface area contributed by atoms with Crippen LogP contribution in [0.4, 0.5) is 0 Å². The number of H-pyrrole nitrogens is 1. The largest absolute Gasteiger partial charge is 0.361 e. The molecule has 4 heteroatoms. The van der Waals surface area contributed by atoms with Gasteiger partial charge in [0, 0.05) is 23.1 Å². The number of rotatable bonds is 3. The van der Waals surface area contributed by atoms with Gasteiger partial charge >= 0.3 is 0 Å². The van der Waals surface area contributed by atoms with Gasteiger partial charge in [0.25, 0.3) is 0 Å². The lowest BCUT2D eigenvalue weighted by molar-refractivity contribution is 0.411. The van der Waals surface area contributed by atoms with E-state index in [1.807, 2.05) is 0 Å². The van der Waals surface area contributed by atoms with Gasteiger partial charge in [-0.15, -0.1) is 0 Å². The van der Waals surface area contributed by atoms with Gasteiger partial charge in [0.15, 0.2) is 0 Å². The van der Waals surface area contributed by atoms with Crippen LogP contribution in [0.15, 0.2) is 30.5 Å². The zero-order valence-corrected chi connectivity index (χ0v) is 10.6. The third-order valence-electron chi connectivity index (χ3n) is 3.99. The van der Waals surface area contributed by atoms with Crippen LogP contribution in [-0.2, 0) is 0 Å². The van der Waals surface area contributed by atoms with Crippen LogP contribution in [0.5, 0.6) is 0 Å². The summed E-state index contributed by atoms with van der Waals surface area (Å²) in [6.07, 6.45) is 3.15. The summed E-state index contributed by atoms with van der Waals surface area (Å²) in [5.41, 5.74) is 15.0. The molecule has 96 valence electrons. The number of fused-ring (bicyclic) bond motifs is 1. The summed E-state index contributed by atoms with van der Waals surface area (Å²) >= 11 is 0. The fraction of sp³-hybridized carbons (Fsp3) is 0.429. The molecule has 2 heterocycles. The number of hydrogen-bond donors (Lipinski definition) is 4. The van der Waals surface area contributed by atoms with E-state index in [-0.39, 0.29) is 0 Å². The molecule has 0 amide bonds. The summed E-state index contributed by atoms with van der Waals surface area (Å²) < 4.78 is 0. The second-order valence-corrected chi connectivity index (χ2v) is 5.09. The number of aromatic nitrogens is 1. The minimum atomic E-state index is 0.333. The van der Waals surface area contributed by atoms with E-state index in [0.29, 0.717) is 18.0 Å². The number of aromatic amines is 1. The van der Waals surface area contributed by atoms with Crippen molar-refractivity contribution in [1.82, 2.24) is 15.8 Å². The molecular weight excluding hydrogens is 224 g/mol. The lowest BCUT2D eigenvalue weighted by Gasteiger charge is -2.19. The number of nitrogens with one attached hydrogen (secondary N) is 3. The van der Waals surface area contributed by atoms with Crippen LogP contribution in [0, 0.1) is 5.92 Å². The quantitative estimate of drug-likeness (QED) is 0.664. The summed E-state index contributed by atoms with van der Waals surface area (Å²) in [4.78, 5) is 3.34. The molecule has 1 aromatic heterocycles. The number of para-hydroxylation sites is 1. The zero-order valence-electron chi connectivity index (χ0n) is 10.6. The van der Waals surface area contributed by atoms with Crippen molar-refractivity contribution in [2.75, 3.05) is 6.54 Å².